The van der Waals surface area contributed by atoms with Crippen LogP contribution in [-0.4, -0.2) is 94.7 Å². The molecule has 2 N–H and O–H groups in total. The van der Waals surface area contributed by atoms with Crippen LogP contribution in [0.3, 0.4) is 0 Å². The summed E-state index contributed by atoms with van der Waals surface area (Å²) in [4.78, 5) is 35.5. The Bertz CT molecular complexity index is 1830. The lowest BCUT2D eigenvalue weighted by Crippen LogP contribution is -2.46. The summed E-state index contributed by atoms with van der Waals surface area (Å²) in [5, 5.41) is 7.29. The Labute approximate surface area is 296 Å². The summed E-state index contributed by atoms with van der Waals surface area (Å²) < 4.78 is 11.3. The maximum absolute atomic E-state index is 11.5. The van der Waals surface area contributed by atoms with E-state index < -0.39 is 0 Å². The van der Waals surface area contributed by atoms with Gasteiger partial charge >= 0.3 is 0 Å². The van der Waals surface area contributed by atoms with Crippen LogP contribution in [0, 0.1) is 0 Å². The number of amides is 1. The summed E-state index contributed by atoms with van der Waals surface area (Å²) in [5.74, 6) is 0.991. The van der Waals surface area contributed by atoms with Crippen LogP contribution in [0.25, 0.3) is 33.6 Å². The number of carbonyl (C=O) groups excluding carboxylic acids is 1. The molecular formula is C36H40Cl2N8O3. The average molecular weight is 704 g/mol. The van der Waals surface area contributed by atoms with E-state index >= 15 is 0 Å². The Morgan fingerprint density at radius 2 is 1.39 bits per heavy atom. The topological polar surface area (TPSA) is 118 Å². The van der Waals surface area contributed by atoms with Crippen molar-refractivity contribution in [2.75, 3.05) is 46.9 Å². The minimum Gasteiger partial charge on any atom is -0.480 e. The first-order chi connectivity index (χ1) is 23.9. The molecule has 0 spiro atoms. The van der Waals surface area contributed by atoms with Crippen molar-refractivity contribution >= 4 is 29.1 Å². The fourth-order valence-corrected chi connectivity index (χ4v) is 7.27. The summed E-state index contributed by atoms with van der Waals surface area (Å²) in [6.45, 7) is 6.00. The number of ether oxygens (including phenoxy) is 2. The van der Waals surface area contributed by atoms with E-state index in [1.807, 2.05) is 36.4 Å². The predicted octanol–water partition coefficient (Wildman–Crippen LogP) is 5.24. The lowest BCUT2D eigenvalue weighted by molar-refractivity contribution is -0.119. The molecule has 11 nitrogen and oxygen atoms in total. The van der Waals surface area contributed by atoms with E-state index in [0.717, 1.165) is 61.0 Å². The number of carbonyl (C=O) groups is 1. The van der Waals surface area contributed by atoms with Gasteiger partial charge in [0.2, 0.25) is 17.7 Å². The summed E-state index contributed by atoms with van der Waals surface area (Å²) in [5.41, 5.74) is 5.60. The van der Waals surface area contributed by atoms with E-state index in [1.54, 1.807) is 26.6 Å². The third kappa shape index (κ3) is 7.51. The van der Waals surface area contributed by atoms with Gasteiger partial charge in [0.25, 0.3) is 0 Å². The zero-order chi connectivity index (χ0) is 33.9. The maximum atomic E-state index is 11.5. The van der Waals surface area contributed by atoms with Gasteiger partial charge in [-0.15, -0.1) is 0 Å². The lowest BCUT2D eigenvalue weighted by atomic mass is 9.98. The quantitative estimate of drug-likeness (QED) is 0.203. The fourth-order valence-electron chi connectivity index (χ4n) is 6.62. The Morgan fingerprint density at radius 3 is 1.94 bits per heavy atom. The van der Waals surface area contributed by atoms with E-state index in [9.17, 15) is 4.79 Å². The van der Waals surface area contributed by atoms with Gasteiger partial charge in [-0.2, -0.15) is 0 Å². The number of nitrogens with one attached hydrogen (secondary N) is 2. The Balaban J connectivity index is 1.09. The zero-order valence-corrected chi connectivity index (χ0v) is 29.2. The third-order valence-corrected chi connectivity index (χ3v) is 10.3. The molecule has 7 rings (SSSR count). The molecule has 1 saturated carbocycles. The van der Waals surface area contributed by atoms with Crippen molar-refractivity contribution in [2.45, 2.75) is 50.9 Å². The number of aromatic nitrogens is 4. The van der Waals surface area contributed by atoms with Crippen LogP contribution in [0.15, 0.2) is 48.8 Å². The van der Waals surface area contributed by atoms with Crippen molar-refractivity contribution in [3.05, 3.63) is 70.2 Å². The van der Waals surface area contributed by atoms with Crippen LogP contribution < -0.4 is 20.1 Å². The van der Waals surface area contributed by atoms with E-state index in [2.05, 4.69) is 25.4 Å². The molecule has 1 atom stereocenters. The van der Waals surface area contributed by atoms with Crippen LogP contribution in [0.2, 0.25) is 10.0 Å². The van der Waals surface area contributed by atoms with Crippen molar-refractivity contribution in [3.63, 3.8) is 0 Å². The highest BCUT2D eigenvalue weighted by molar-refractivity contribution is 6.39. The normalized spacial score (nSPS) is 18.4. The molecule has 4 aromatic rings. The van der Waals surface area contributed by atoms with Crippen LogP contribution in [0.4, 0.5) is 0 Å². The molecule has 2 saturated heterocycles. The minimum absolute atomic E-state index is 0.0898. The van der Waals surface area contributed by atoms with Gasteiger partial charge in [-0.25, -0.2) is 9.97 Å². The highest BCUT2D eigenvalue weighted by atomic mass is 35.5. The number of piperazine rings is 1. The molecule has 3 aliphatic rings. The molecule has 0 bridgehead atoms. The van der Waals surface area contributed by atoms with E-state index in [-0.39, 0.29) is 11.9 Å². The molecule has 1 unspecified atom stereocenters. The van der Waals surface area contributed by atoms with Crippen molar-refractivity contribution in [3.8, 4) is 45.4 Å². The fraction of sp³-hybridized carbons (Fsp3) is 0.417. The highest BCUT2D eigenvalue weighted by Crippen LogP contribution is 2.42. The molecule has 1 amide bonds. The van der Waals surface area contributed by atoms with Gasteiger partial charge in [-0.05, 0) is 19.3 Å². The maximum Gasteiger partial charge on any atom is 0.237 e. The molecule has 13 heteroatoms. The largest absolute Gasteiger partial charge is 0.480 e. The van der Waals surface area contributed by atoms with Crippen LogP contribution in [0.5, 0.6) is 11.8 Å². The van der Waals surface area contributed by atoms with E-state index in [1.165, 1.54) is 12.8 Å². The standard InChI is InChI=1S/C36H40Cl2N8O3/c1-48-35-30(18-39-17-22-9-12-32(47)42-22)40-19-28(43-35)26-7-3-5-24(33(26)37)25-6-4-8-27(34(25)38)29-20-41-31(36(44-29)49-2)21-45-13-15-46(16-14-45)23-10-11-23/h3-8,19-20,22-23,39H,9-18,21H2,1-2H3,(H,42,47). The number of benzene rings is 2. The lowest BCUT2D eigenvalue weighted by Gasteiger charge is -2.34. The van der Waals surface area contributed by atoms with Gasteiger partial charge in [-0.3, -0.25) is 24.6 Å². The SMILES string of the molecule is COc1nc(-c2cccc(-c3cccc(-c4cnc(CN5CCN(C6CC6)CC5)c(OC)n4)c3Cl)c2Cl)cnc1CNCC1CCC(=O)N1. The molecule has 3 fully saturated rings. The van der Waals surface area contributed by atoms with E-state index in [4.69, 9.17) is 47.6 Å². The van der Waals surface area contributed by atoms with Gasteiger partial charge < -0.3 is 20.1 Å². The molecule has 2 aromatic carbocycles. The van der Waals surface area contributed by atoms with E-state index in [0.29, 0.717) is 70.5 Å². The Hall–Kier alpha value is -3.87. The zero-order valence-electron chi connectivity index (χ0n) is 27.7. The second-order valence-electron chi connectivity index (χ2n) is 12.7. The smallest absolute Gasteiger partial charge is 0.237 e. The number of methoxy groups -OCH3 is 2. The molecule has 49 heavy (non-hydrogen) atoms. The molecular weight excluding hydrogens is 663 g/mol. The van der Waals surface area contributed by atoms with Crippen molar-refractivity contribution in [1.29, 1.82) is 0 Å². The summed E-state index contributed by atoms with van der Waals surface area (Å²) >= 11 is 14.2. The monoisotopic (exact) mass is 702 g/mol. The number of halogens is 2. The Kier molecular flexibility index (Phi) is 10.2. The molecule has 4 heterocycles. The molecule has 2 aromatic heterocycles. The first-order valence-corrected chi connectivity index (χ1v) is 17.5. The molecule has 0 radical (unpaired) electrons. The third-order valence-electron chi connectivity index (χ3n) is 9.46. The van der Waals surface area contributed by atoms with Crippen molar-refractivity contribution in [1.82, 2.24) is 40.4 Å². The average Bonchev–Trinajstić information content (AvgIpc) is 3.90. The summed E-state index contributed by atoms with van der Waals surface area (Å²) in [6, 6.07) is 12.5. The number of nitrogens with zero attached hydrogens (tertiary/aromatic N) is 6. The molecule has 2 aliphatic heterocycles. The van der Waals surface area contributed by atoms with Gasteiger partial charge in [0.1, 0.15) is 11.4 Å². The van der Waals surface area contributed by atoms with Gasteiger partial charge in [-0.1, -0.05) is 59.6 Å². The van der Waals surface area contributed by atoms with Crippen molar-refractivity contribution < 1.29 is 14.3 Å². The minimum atomic E-state index is 0.0898. The van der Waals surface area contributed by atoms with Crippen LogP contribution in [0.1, 0.15) is 37.1 Å². The van der Waals surface area contributed by atoms with Crippen LogP contribution in [-0.2, 0) is 17.9 Å². The second kappa shape index (κ2) is 14.9. The summed E-state index contributed by atoms with van der Waals surface area (Å²) in [6.07, 6.45) is 7.52. The van der Waals surface area contributed by atoms with Crippen LogP contribution >= 0.6 is 23.2 Å². The number of hydrogen-bond acceptors (Lipinski definition) is 10. The van der Waals surface area contributed by atoms with Crippen molar-refractivity contribution in [2.24, 2.45) is 0 Å². The molecule has 1 aliphatic carbocycles. The van der Waals surface area contributed by atoms with Gasteiger partial charge in [0.15, 0.2) is 0 Å². The first-order valence-electron chi connectivity index (χ1n) is 16.8. The first kappa shape index (κ1) is 33.6. The number of rotatable bonds is 12. The number of hydrogen-bond donors (Lipinski definition) is 2. The van der Waals surface area contributed by atoms with Gasteiger partial charge in [0, 0.05) is 86.6 Å². The Morgan fingerprint density at radius 1 is 0.816 bits per heavy atom. The van der Waals surface area contributed by atoms with Gasteiger partial charge in [0.05, 0.1) is 48.0 Å². The summed E-state index contributed by atoms with van der Waals surface area (Å²) in [7, 11) is 3.20. The molecule has 256 valence electrons. The second-order valence-corrected chi connectivity index (χ2v) is 13.5. The predicted molar refractivity (Wildman–Crippen MR) is 190 cm³/mol. The highest BCUT2D eigenvalue weighted by Gasteiger charge is 2.31.